The Balaban J connectivity index is 2.04. The first-order chi connectivity index (χ1) is 8.66. The Morgan fingerprint density at radius 3 is 2.67 bits per heavy atom. The van der Waals surface area contributed by atoms with Gasteiger partial charge in [-0.25, -0.2) is 4.98 Å². The van der Waals surface area contributed by atoms with Crippen LogP contribution in [0, 0.1) is 0 Å². The van der Waals surface area contributed by atoms with Gasteiger partial charge in [0.25, 0.3) is 5.91 Å². The second kappa shape index (κ2) is 6.18. The molecule has 18 heavy (non-hydrogen) atoms. The van der Waals surface area contributed by atoms with Crippen LogP contribution in [0.4, 0.5) is 5.82 Å². The monoisotopic (exact) mass is 311 g/mol. The van der Waals surface area contributed by atoms with Crippen LogP contribution in [0.5, 0.6) is 0 Å². The first kappa shape index (κ1) is 13.3. The molecule has 1 amide bonds. The minimum atomic E-state index is -0.117. The summed E-state index contributed by atoms with van der Waals surface area (Å²) in [6, 6.07) is 1.99. The van der Waals surface area contributed by atoms with Crippen molar-refractivity contribution in [3.8, 4) is 0 Å². The number of amides is 1. The van der Waals surface area contributed by atoms with E-state index in [1.807, 2.05) is 0 Å². The molecule has 1 aromatic rings. The molecule has 1 saturated carbocycles. The number of aromatic nitrogens is 1. The van der Waals surface area contributed by atoms with Gasteiger partial charge in [-0.3, -0.25) is 4.79 Å². The lowest BCUT2D eigenvalue weighted by atomic mass is 10.1. The number of carbonyl (C=O) groups is 1. The molecular weight excluding hydrogens is 294 g/mol. The summed E-state index contributed by atoms with van der Waals surface area (Å²) < 4.78 is 0.766. The fourth-order valence-corrected chi connectivity index (χ4v) is 2.65. The van der Waals surface area contributed by atoms with Crippen molar-refractivity contribution in [3.05, 3.63) is 22.3 Å². The van der Waals surface area contributed by atoms with Crippen molar-refractivity contribution in [3.63, 3.8) is 0 Å². The van der Waals surface area contributed by atoms with Gasteiger partial charge in [-0.1, -0.05) is 25.7 Å². The normalized spacial score (nSPS) is 17.2. The number of nitrogens with one attached hydrogen (secondary N) is 1. The first-order valence-corrected chi connectivity index (χ1v) is 7.18. The van der Waals surface area contributed by atoms with Crippen molar-refractivity contribution in [2.75, 3.05) is 5.73 Å². The highest BCUT2D eigenvalue weighted by Gasteiger charge is 2.17. The molecule has 3 N–H and O–H groups in total. The van der Waals surface area contributed by atoms with E-state index < -0.39 is 0 Å². The number of rotatable bonds is 2. The molecule has 0 atom stereocenters. The third-order valence-corrected chi connectivity index (χ3v) is 3.75. The number of hydrogen-bond donors (Lipinski definition) is 2. The van der Waals surface area contributed by atoms with Crippen LogP contribution in [0.3, 0.4) is 0 Å². The lowest BCUT2D eigenvalue weighted by molar-refractivity contribution is 0.0934. The van der Waals surface area contributed by atoms with Crippen LogP contribution in [0.2, 0.25) is 0 Å². The molecule has 98 valence electrons. The molecule has 5 heteroatoms. The van der Waals surface area contributed by atoms with Crippen molar-refractivity contribution in [1.29, 1.82) is 0 Å². The second-order valence-corrected chi connectivity index (χ2v) is 5.66. The average Bonchev–Trinajstić information content (AvgIpc) is 2.61. The molecule has 0 unspecified atom stereocenters. The maximum Gasteiger partial charge on any atom is 0.255 e. The van der Waals surface area contributed by atoms with Crippen molar-refractivity contribution in [2.24, 2.45) is 0 Å². The number of pyridine rings is 1. The Morgan fingerprint density at radius 2 is 2.00 bits per heavy atom. The van der Waals surface area contributed by atoms with E-state index in [0.29, 0.717) is 5.56 Å². The molecule has 1 fully saturated rings. The highest BCUT2D eigenvalue weighted by Crippen LogP contribution is 2.19. The summed E-state index contributed by atoms with van der Waals surface area (Å²) in [5, 5.41) is 3.06. The minimum Gasteiger partial charge on any atom is -0.383 e. The summed E-state index contributed by atoms with van der Waals surface area (Å²) in [7, 11) is 0. The summed E-state index contributed by atoms with van der Waals surface area (Å²) in [4.78, 5) is 16.1. The van der Waals surface area contributed by atoms with Crippen LogP contribution < -0.4 is 11.1 Å². The van der Waals surface area contributed by atoms with Gasteiger partial charge in [0.2, 0.25) is 0 Å². The number of carbonyl (C=O) groups excluding carboxylic acids is 1. The Labute approximate surface area is 115 Å². The molecule has 0 saturated heterocycles. The predicted octanol–water partition coefficient (Wildman–Crippen LogP) is 2.88. The molecular formula is C13H18BrN3O. The van der Waals surface area contributed by atoms with Gasteiger partial charge in [-0.2, -0.15) is 0 Å². The van der Waals surface area contributed by atoms with Gasteiger partial charge in [0.15, 0.2) is 0 Å². The molecule has 0 aromatic carbocycles. The zero-order valence-electron chi connectivity index (χ0n) is 10.3. The fraction of sp³-hybridized carbons (Fsp3) is 0.538. The van der Waals surface area contributed by atoms with Crippen LogP contribution in [-0.4, -0.2) is 16.9 Å². The van der Waals surface area contributed by atoms with Gasteiger partial charge < -0.3 is 11.1 Å². The van der Waals surface area contributed by atoms with Crippen LogP contribution in [0.25, 0.3) is 0 Å². The Hall–Kier alpha value is -1.10. The maximum absolute atomic E-state index is 12.1. The lowest BCUT2D eigenvalue weighted by Gasteiger charge is -2.16. The molecule has 1 heterocycles. The average molecular weight is 312 g/mol. The Morgan fingerprint density at radius 1 is 1.33 bits per heavy atom. The van der Waals surface area contributed by atoms with Gasteiger partial charge in [0.1, 0.15) is 5.82 Å². The van der Waals surface area contributed by atoms with Crippen molar-refractivity contribution in [1.82, 2.24) is 10.3 Å². The molecule has 0 bridgehead atoms. The number of nitrogen functional groups attached to an aromatic ring is 1. The van der Waals surface area contributed by atoms with Crippen molar-refractivity contribution in [2.45, 2.75) is 44.6 Å². The summed E-state index contributed by atoms with van der Waals surface area (Å²) in [6.07, 6.45) is 8.64. The standard InChI is InChI=1S/C13H18BrN3O/c14-9-7-11(12(15)16-8-9)13(18)17-10-5-3-1-2-4-6-10/h7-8,10H,1-6H2,(H2,15,16)(H,17,18). The summed E-state index contributed by atoms with van der Waals surface area (Å²) in [5.74, 6) is 0.164. The van der Waals surface area contributed by atoms with E-state index >= 15 is 0 Å². The molecule has 1 aliphatic rings. The minimum absolute atomic E-state index is 0.117. The molecule has 4 nitrogen and oxygen atoms in total. The van der Waals surface area contributed by atoms with Crippen LogP contribution in [0.1, 0.15) is 48.9 Å². The van der Waals surface area contributed by atoms with E-state index in [9.17, 15) is 4.79 Å². The van der Waals surface area contributed by atoms with Gasteiger partial charge in [-0.15, -0.1) is 0 Å². The fourth-order valence-electron chi connectivity index (χ4n) is 2.32. The van der Waals surface area contributed by atoms with Crippen LogP contribution in [-0.2, 0) is 0 Å². The third kappa shape index (κ3) is 3.45. The highest BCUT2D eigenvalue weighted by atomic mass is 79.9. The van der Waals surface area contributed by atoms with E-state index in [-0.39, 0.29) is 17.8 Å². The second-order valence-electron chi connectivity index (χ2n) is 4.75. The van der Waals surface area contributed by atoms with E-state index in [4.69, 9.17) is 5.73 Å². The van der Waals surface area contributed by atoms with E-state index in [1.165, 1.54) is 25.7 Å². The summed E-state index contributed by atoms with van der Waals surface area (Å²) >= 11 is 3.30. The quantitative estimate of drug-likeness (QED) is 0.825. The van der Waals surface area contributed by atoms with Gasteiger partial charge in [0.05, 0.1) is 5.56 Å². The highest BCUT2D eigenvalue weighted by molar-refractivity contribution is 9.10. The molecule has 0 spiro atoms. The molecule has 1 aromatic heterocycles. The summed E-state index contributed by atoms with van der Waals surface area (Å²) in [6.45, 7) is 0. The van der Waals surface area contributed by atoms with Crippen LogP contribution >= 0.6 is 15.9 Å². The largest absolute Gasteiger partial charge is 0.383 e. The number of nitrogens with two attached hydrogens (primary N) is 1. The third-order valence-electron chi connectivity index (χ3n) is 3.32. The van der Waals surface area contributed by atoms with E-state index in [1.54, 1.807) is 12.3 Å². The Bertz CT molecular complexity index is 428. The zero-order chi connectivity index (χ0) is 13.0. The van der Waals surface area contributed by atoms with E-state index in [0.717, 1.165) is 17.3 Å². The number of nitrogens with zero attached hydrogens (tertiary/aromatic N) is 1. The predicted molar refractivity (Wildman–Crippen MR) is 75.3 cm³/mol. The van der Waals surface area contributed by atoms with Gasteiger partial charge in [0, 0.05) is 16.7 Å². The topological polar surface area (TPSA) is 68.0 Å². The first-order valence-electron chi connectivity index (χ1n) is 6.38. The maximum atomic E-state index is 12.1. The number of halogens is 1. The van der Waals surface area contributed by atoms with E-state index in [2.05, 4.69) is 26.2 Å². The molecule has 0 aliphatic heterocycles. The Kier molecular flexibility index (Phi) is 4.58. The van der Waals surface area contributed by atoms with Gasteiger partial charge in [-0.05, 0) is 34.8 Å². The molecule has 0 radical (unpaired) electrons. The number of anilines is 1. The smallest absolute Gasteiger partial charge is 0.255 e. The molecule has 2 rings (SSSR count). The van der Waals surface area contributed by atoms with Crippen molar-refractivity contribution >= 4 is 27.7 Å². The SMILES string of the molecule is Nc1ncc(Br)cc1C(=O)NC1CCCCCC1. The zero-order valence-corrected chi connectivity index (χ0v) is 11.9. The lowest BCUT2D eigenvalue weighted by Crippen LogP contribution is -2.34. The van der Waals surface area contributed by atoms with Crippen molar-refractivity contribution < 1.29 is 4.79 Å². The molecule has 1 aliphatic carbocycles. The number of hydrogen-bond acceptors (Lipinski definition) is 3. The summed E-state index contributed by atoms with van der Waals surface area (Å²) in [5.41, 5.74) is 6.19. The van der Waals surface area contributed by atoms with Crippen LogP contribution in [0.15, 0.2) is 16.7 Å². The van der Waals surface area contributed by atoms with Gasteiger partial charge >= 0.3 is 0 Å².